The Labute approximate surface area is 146 Å². The fourth-order valence-corrected chi connectivity index (χ4v) is 4.43. The molecule has 2 aliphatic rings. The van der Waals surface area contributed by atoms with Gasteiger partial charge in [-0.3, -0.25) is 14.3 Å². The first-order chi connectivity index (χ1) is 11.6. The highest BCUT2D eigenvalue weighted by Gasteiger charge is 2.34. The van der Waals surface area contributed by atoms with Crippen LogP contribution in [0.5, 0.6) is 0 Å². The third kappa shape index (κ3) is 2.42. The second-order valence-corrected chi connectivity index (χ2v) is 7.70. The lowest BCUT2D eigenvalue weighted by atomic mass is 9.81. The molecule has 0 bridgehead atoms. The Morgan fingerprint density at radius 3 is 3.04 bits per heavy atom. The monoisotopic (exact) mass is 342 g/mol. The second-order valence-electron chi connectivity index (χ2n) is 6.71. The van der Waals surface area contributed by atoms with Gasteiger partial charge in [0, 0.05) is 36.3 Å². The van der Waals surface area contributed by atoms with Crippen molar-refractivity contribution in [3.63, 3.8) is 0 Å². The molecule has 24 heavy (non-hydrogen) atoms. The average Bonchev–Trinajstić information content (AvgIpc) is 2.94. The summed E-state index contributed by atoms with van der Waals surface area (Å²) in [7, 11) is 2.06. The number of thioether (sulfide) groups is 1. The number of fused-ring (bicyclic) bond motifs is 2. The number of likely N-dealkylation sites (N-methyl/N-ethyl adjacent to an activating group) is 1. The lowest BCUT2D eigenvalue weighted by molar-refractivity contribution is 0.0915. The number of carbonyl (C=O) groups is 1. The lowest BCUT2D eigenvalue weighted by Gasteiger charge is -2.38. The summed E-state index contributed by atoms with van der Waals surface area (Å²) in [5.41, 5.74) is 4.60. The summed E-state index contributed by atoms with van der Waals surface area (Å²) in [6.45, 7) is 0.660. The van der Waals surface area contributed by atoms with E-state index in [1.807, 2.05) is 35.2 Å². The lowest BCUT2D eigenvalue weighted by Crippen LogP contribution is -2.44. The number of aliphatic hydroxyl groups is 1. The second kappa shape index (κ2) is 6.06. The van der Waals surface area contributed by atoms with Crippen LogP contribution in [0.25, 0.3) is 16.5 Å². The number of hydrogen-bond donors (Lipinski definition) is 1. The molecule has 4 nitrogen and oxygen atoms in total. The van der Waals surface area contributed by atoms with E-state index in [0.717, 1.165) is 17.7 Å². The molecule has 1 N–H and O–H groups in total. The molecule has 1 aliphatic carbocycles. The quantitative estimate of drug-likeness (QED) is 0.931. The topological polar surface area (TPSA) is 45.5 Å². The van der Waals surface area contributed by atoms with Crippen LogP contribution in [-0.2, 0) is 6.42 Å². The number of benzene rings is 1. The van der Waals surface area contributed by atoms with Gasteiger partial charge in [-0.05, 0) is 48.6 Å². The molecule has 4 rings (SSSR count). The van der Waals surface area contributed by atoms with Crippen molar-refractivity contribution in [1.29, 1.82) is 0 Å². The number of hydrogen-bond acceptors (Lipinski definition) is 4. The van der Waals surface area contributed by atoms with Gasteiger partial charge in [0.05, 0.1) is 11.6 Å². The van der Waals surface area contributed by atoms with E-state index in [1.165, 1.54) is 22.1 Å². The highest BCUT2D eigenvalue weighted by molar-refractivity contribution is 7.98. The van der Waals surface area contributed by atoms with E-state index in [2.05, 4.69) is 18.0 Å². The molecule has 126 valence electrons. The van der Waals surface area contributed by atoms with Gasteiger partial charge in [-0.25, -0.2) is 0 Å². The summed E-state index contributed by atoms with van der Waals surface area (Å²) in [6, 6.07) is 6.45. The Hall–Kier alpha value is -1.56. The van der Waals surface area contributed by atoms with Crippen LogP contribution in [0.1, 0.15) is 22.3 Å². The highest BCUT2D eigenvalue weighted by Crippen LogP contribution is 2.40. The van der Waals surface area contributed by atoms with Gasteiger partial charge in [-0.1, -0.05) is 12.1 Å². The zero-order chi connectivity index (χ0) is 16.8. The van der Waals surface area contributed by atoms with Crippen molar-refractivity contribution < 1.29 is 9.90 Å². The predicted molar refractivity (Wildman–Crippen MR) is 99.7 cm³/mol. The summed E-state index contributed by atoms with van der Waals surface area (Å²) in [6.07, 6.45) is 7.08. The number of rotatable bonds is 3. The first kappa shape index (κ1) is 15.9. The molecular formula is C19H22N2O2S. The third-order valence-corrected chi connectivity index (χ3v) is 5.77. The molecule has 0 saturated heterocycles. The molecule has 0 unspecified atom stereocenters. The van der Waals surface area contributed by atoms with Crippen molar-refractivity contribution in [2.24, 2.45) is 0 Å². The Balaban J connectivity index is 1.86. The SMILES string of the molecule is CSCCC(=O)n1cc2c3c(cccc31)C1=C[C@@H](O)CN(C)[C@@H]1C2. The number of β-amino-alcohol motifs (C(OH)–C–C–N with tert-alkyl or cyclic N) is 1. The van der Waals surface area contributed by atoms with Crippen molar-refractivity contribution in [2.75, 3.05) is 25.6 Å². The van der Waals surface area contributed by atoms with E-state index in [9.17, 15) is 9.90 Å². The maximum absolute atomic E-state index is 12.6. The number of nitrogens with zero attached hydrogens (tertiary/aromatic N) is 2. The zero-order valence-electron chi connectivity index (χ0n) is 14.0. The Morgan fingerprint density at radius 2 is 2.25 bits per heavy atom. The largest absolute Gasteiger partial charge is 0.388 e. The van der Waals surface area contributed by atoms with E-state index in [4.69, 9.17) is 0 Å². The third-order valence-electron chi connectivity index (χ3n) is 5.16. The molecule has 0 radical (unpaired) electrons. The highest BCUT2D eigenvalue weighted by atomic mass is 32.2. The van der Waals surface area contributed by atoms with Gasteiger partial charge < -0.3 is 5.11 Å². The van der Waals surface area contributed by atoms with Gasteiger partial charge in [0.25, 0.3) is 0 Å². The van der Waals surface area contributed by atoms with Gasteiger partial charge in [0.15, 0.2) is 0 Å². The van der Waals surface area contributed by atoms with Crippen LogP contribution in [-0.4, -0.2) is 58.2 Å². The Bertz CT molecular complexity index is 839. The van der Waals surface area contributed by atoms with Crippen LogP contribution in [0, 0.1) is 0 Å². The number of aromatic nitrogens is 1. The smallest absolute Gasteiger partial charge is 0.231 e. The van der Waals surface area contributed by atoms with Gasteiger partial charge in [-0.15, -0.1) is 0 Å². The Kier molecular flexibility index (Phi) is 4.03. The minimum Gasteiger partial charge on any atom is -0.388 e. The van der Waals surface area contributed by atoms with Crippen LogP contribution in [0.2, 0.25) is 0 Å². The summed E-state index contributed by atoms with van der Waals surface area (Å²) in [5.74, 6) is 1.00. The number of carbonyl (C=O) groups excluding carboxylic acids is 1. The molecule has 2 heterocycles. The van der Waals surface area contributed by atoms with Crippen LogP contribution >= 0.6 is 11.8 Å². The molecule has 1 aliphatic heterocycles. The average molecular weight is 342 g/mol. The van der Waals surface area contributed by atoms with E-state index >= 15 is 0 Å². The van der Waals surface area contributed by atoms with E-state index < -0.39 is 6.10 Å². The van der Waals surface area contributed by atoms with E-state index in [-0.39, 0.29) is 11.9 Å². The van der Waals surface area contributed by atoms with E-state index in [1.54, 1.807) is 11.8 Å². The molecule has 0 amide bonds. The summed E-state index contributed by atoms with van der Waals surface area (Å²) in [5, 5.41) is 11.3. The number of aliphatic hydroxyl groups excluding tert-OH is 1. The predicted octanol–water partition coefficient (Wildman–Crippen LogP) is 2.65. The first-order valence-corrected chi connectivity index (χ1v) is 9.75. The zero-order valence-corrected chi connectivity index (χ0v) is 14.8. The summed E-state index contributed by atoms with van der Waals surface area (Å²) < 4.78 is 1.83. The summed E-state index contributed by atoms with van der Waals surface area (Å²) >= 11 is 1.70. The molecular weight excluding hydrogens is 320 g/mol. The molecule has 1 aromatic carbocycles. The minimum absolute atomic E-state index is 0.157. The standard InChI is InChI=1S/C19H22N2O2S/c1-20-11-13(22)9-15-14-4-3-5-16-19(14)12(8-17(15)20)10-21(16)18(23)6-7-24-2/h3-5,9-10,13,17,22H,6-8,11H2,1-2H3/t13-,17-/m1/s1. The fraction of sp³-hybridized carbons (Fsp3) is 0.421. The van der Waals surface area contributed by atoms with Crippen molar-refractivity contribution in [1.82, 2.24) is 9.47 Å². The summed E-state index contributed by atoms with van der Waals surface area (Å²) in [4.78, 5) is 14.8. The normalized spacial score (nSPS) is 23.2. The molecule has 2 atom stereocenters. The van der Waals surface area contributed by atoms with Crippen LogP contribution in [0.4, 0.5) is 0 Å². The molecule has 0 fully saturated rings. The maximum Gasteiger partial charge on any atom is 0.231 e. The fourth-order valence-electron chi connectivity index (χ4n) is 4.05. The van der Waals surface area contributed by atoms with Crippen molar-refractivity contribution in [2.45, 2.75) is 25.0 Å². The van der Waals surface area contributed by atoms with Gasteiger partial charge in [0.1, 0.15) is 0 Å². The van der Waals surface area contributed by atoms with Crippen molar-refractivity contribution in [3.8, 4) is 0 Å². The minimum atomic E-state index is -0.427. The van der Waals surface area contributed by atoms with Gasteiger partial charge in [0.2, 0.25) is 5.91 Å². The molecule has 0 spiro atoms. The molecule has 5 heteroatoms. The maximum atomic E-state index is 12.6. The van der Waals surface area contributed by atoms with Crippen molar-refractivity contribution >= 4 is 34.1 Å². The van der Waals surface area contributed by atoms with Crippen molar-refractivity contribution in [3.05, 3.63) is 41.6 Å². The van der Waals surface area contributed by atoms with Crippen LogP contribution in [0.15, 0.2) is 30.5 Å². The molecule has 1 aromatic heterocycles. The van der Waals surface area contributed by atoms with Crippen LogP contribution in [0.3, 0.4) is 0 Å². The van der Waals surface area contributed by atoms with Gasteiger partial charge >= 0.3 is 0 Å². The van der Waals surface area contributed by atoms with Crippen LogP contribution < -0.4 is 0 Å². The molecule has 2 aromatic rings. The molecule has 0 saturated carbocycles. The van der Waals surface area contributed by atoms with Gasteiger partial charge in [-0.2, -0.15) is 11.8 Å². The van der Waals surface area contributed by atoms with E-state index in [0.29, 0.717) is 13.0 Å². The first-order valence-electron chi connectivity index (χ1n) is 8.35. The Morgan fingerprint density at radius 1 is 1.42 bits per heavy atom.